The molecular weight excluding hydrogens is 362 g/mol. The third-order valence-corrected chi connectivity index (χ3v) is 5.96. The lowest BCUT2D eigenvalue weighted by Gasteiger charge is -2.30. The zero-order valence-corrected chi connectivity index (χ0v) is 16.7. The molecule has 0 saturated carbocycles. The molecule has 1 N–H and O–H groups in total. The number of rotatable bonds is 3. The number of aryl methyl sites for hydroxylation is 1. The third kappa shape index (κ3) is 3.56. The number of aromatic amines is 1. The topological polar surface area (TPSA) is 65.1 Å². The highest BCUT2D eigenvalue weighted by atomic mass is 16.1. The lowest BCUT2D eigenvalue weighted by molar-refractivity contribution is 0.240. The van der Waals surface area contributed by atoms with Crippen LogP contribution < -0.4 is 10.5 Å². The summed E-state index contributed by atoms with van der Waals surface area (Å²) in [6, 6.07) is 12.5. The maximum atomic E-state index is 12.6. The molecule has 0 radical (unpaired) electrons. The molecule has 0 amide bonds. The van der Waals surface area contributed by atoms with Crippen LogP contribution in [0.1, 0.15) is 28.8 Å². The van der Waals surface area contributed by atoms with Crippen LogP contribution in [0.3, 0.4) is 0 Å². The first-order valence-corrected chi connectivity index (χ1v) is 10.3. The van der Waals surface area contributed by atoms with E-state index in [2.05, 4.69) is 45.0 Å². The van der Waals surface area contributed by atoms with Crippen molar-refractivity contribution in [3.8, 4) is 11.5 Å². The summed E-state index contributed by atoms with van der Waals surface area (Å²) >= 11 is 0. The van der Waals surface area contributed by atoms with Gasteiger partial charge in [0.25, 0.3) is 5.56 Å². The number of pyridine rings is 1. The Morgan fingerprint density at radius 3 is 2.93 bits per heavy atom. The Bertz CT molecular complexity index is 1090. The molecule has 29 heavy (non-hydrogen) atoms. The molecule has 0 saturated heterocycles. The summed E-state index contributed by atoms with van der Waals surface area (Å²) < 4.78 is 0. The van der Waals surface area contributed by atoms with Gasteiger partial charge in [-0.1, -0.05) is 18.2 Å². The van der Waals surface area contributed by atoms with E-state index in [0.29, 0.717) is 18.1 Å². The summed E-state index contributed by atoms with van der Waals surface area (Å²) in [5, 5.41) is 0. The van der Waals surface area contributed by atoms with Crippen molar-refractivity contribution in [3.63, 3.8) is 0 Å². The molecule has 6 nitrogen and oxygen atoms in total. The van der Waals surface area contributed by atoms with Crippen LogP contribution in [0.5, 0.6) is 0 Å². The predicted octanol–water partition coefficient (Wildman–Crippen LogP) is 2.77. The van der Waals surface area contributed by atoms with Crippen LogP contribution in [0.2, 0.25) is 0 Å². The number of fused-ring (bicyclic) bond motifs is 2. The second-order valence-electron chi connectivity index (χ2n) is 8.00. The fourth-order valence-corrected chi connectivity index (χ4v) is 4.45. The van der Waals surface area contributed by atoms with Crippen molar-refractivity contribution >= 4 is 5.69 Å². The molecule has 0 bridgehead atoms. The van der Waals surface area contributed by atoms with Crippen LogP contribution in [-0.4, -0.2) is 40.0 Å². The van der Waals surface area contributed by atoms with E-state index in [1.807, 2.05) is 18.2 Å². The van der Waals surface area contributed by atoms with Crippen molar-refractivity contribution in [2.24, 2.45) is 0 Å². The van der Waals surface area contributed by atoms with Gasteiger partial charge in [0.15, 0.2) is 5.82 Å². The van der Waals surface area contributed by atoms with E-state index in [9.17, 15) is 4.79 Å². The number of H-pyrrole nitrogens is 1. The van der Waals surface area contributed by atoms with Gasteiger partial charge in [-0.3, -0.25) is 14.7 Å². The van der Waals surface area contributed by atoms with Gasteiger partial charge in [-0.25, -0.2) is 4.98 Å². The number of nitrogens with zero attached hydrogens (tertiary/aromatic N) is 4. The number of benzene rings is 1. The zero-order chi connectivity index (χ0) is 19.8. The maximum Gasteiger partial charge on any atom is 0.254 e. The monoisotopic (exact) mass is 387 g/mol. The number of hydrogen-bond donors (Lipinski definition) is 1. The van der Waals surface area contributed by atoms with E-state index in [1.54, 1.807) is 6.20 Å². The van der Waals surface area contributed by atoms with Crippen molar-refractivity contribution in [2.75, 3.05) is 25.0 Å². The van der Waals surface area contributed by atoms with Crippen LogP contribution in [-0.2, 0) is 25.9 Å². The Labute approximate surface area is 170 Å². The van der Waals surface area contributed by atoms with Gasteiger partial charge in [-0.15, -0.1) is 0 Å². The molecule has 3 aromatic rings. The highest BCUT2D eigenvalue weighted by molar-refractivity contribution is 5.56. The standard InChI is InChI=1S/C23H25N5O/c1-27-11-4-5-17-13-16(7-8-21(17)27)14-28-12-9-18-20(15-28)25-22(26-23(18)29)19-6-2-3-10-24-19/h2-3,6-8,10,13H,4-5,9,11-12,14-15H2,1H3,(H,25,26,29). The highest BCUT2D eigenvalue weighted by Gasteiger charge is 2.22. The molecule has 4 heterocycles. The number of aromatic nitrogens is 3. The van der Waals surface area contributed by atoms with Gasteiger partial charge in [0.1, 0.15) is 5.69 Å². The lowest BCUT2D eigenvalue weighted by atomic mass is 9.99. The van der Waals surface area contributed by atoms with Gasteiger partial charge >= 0.3 is 0 Å². The van der Waals surface area contributed by atoms with E-state index >= 15 is 0 Å². The Hall–Kier alpha value is -2.99. The largest absolute Gasteiger partial charge is 0.374 e. The molecule has 2 aromatic heterocycles. The Balaban J connectivity index is 1.38. The third-order valence-electron chi connectivity index (χ3n) is 5.96. The van der Waals surface area contributed by atoms with Gasteiger partial charge in [0.05, 0.1) is 5.69 Å². The van der Waals surface area contributed by atoms with Crippen molar-refractivity contribution in [3.05, 3.63) is 75.3 Å². The molecule has 2 aliphatic rings. The van der Waals surface area contributed by atoms with Crippen molar-refractivity contribution in [2.45, 2.75) is 32.4 Å². The van der Waals surface area contributed by atoms with Crippen LogP contribution in [0, 0.1) is 0 Å². The van der Waals surface area contributed by atoms with Gasteiger partial charge in [0, 0.05) is 50.7 Å². The highest BCUT2D eigenvalue weighted by Crippen LogP contribution is 2.28. The lowest BCUT2D eigenvalue weighted by Crippen LogP contribution is -2.35. The fraction of sp³-hybridized carbons (Fsp3) is 0.348. The number of anilines is 1. The second kappa shape index (κ2) is 7.44. The minimum Gasteiger partial charge on any atom is -0.374 e. The smallest absolute Gasteiger partial charge is 0.254 e. The molecule has 148 valence electrons. The Morgan fingerprint density at radius 1 is 1.14 bits per heavy atom. The van der Waals surface area contributed by atoms with E-state index in [4.69, 9.17) is 4.98 Å². The Morgan fingerprint density at radius 2 is 2.07 bits per heavy atom. The maximum absolute atomic E-state index is 12.6. The van der Waals surface area contributed by atoms with E-state index < -0.39 is 0 Å². The molecule has 0 fully saturated rings. The van der Waals surface area contributed by atoms with Gasteiger partial charge in [0.2, 0.25) is 0 Å². The summed E-state index contributed by atoms with van der Waals surface area (Å²) in [6.07, 6.45) is 4.82. The van der Waals surface area contributed by atoms with Crippen LogP contribution in [0.4, 0.5) is 5.69 Å². The zero-order valence-electron chi connectivity index (χ0n) is 16.7. The second-order valence-corrected chi connectivity index (χ2v) is 8.00. The first-order valence-electron chi connectivity index (χ1n) is 10.3. The van der Waals surface area contributed by atoms with Crippen LogP contribution in [0.25, 0.3) is 11.5 Å². The van der Waals surface area contributed by atoms with E-state index in [1.165, 1.54) is 23.2 Å². The predicted molar refractivity (Wildman–Crippen MR) is 114 cm³/mol. The SMILES string of the molecule is CN1CCCc2cc(CN3CCc4c(nc(-c5ccccn5)[nH]c4=O)C3)ccc21. The van der Waals surface area contributed by atoms with Crippen LogP contribution in [0.15, 0.2) is 47.4 Å². The first-order chi connectivity index (χ1) is 14.2. The van der Waals surface area contributed by atoms with Gasteiger partial charge < -0.3 is 9.88 Å². The molecule has 1 aromatic carbocycles. The number of nitrogens with one attached hydrogen (secondary N) is 1. The first kappa shape index (κ1) is 18.1. The average Bonchev–Trinajstić information content (AvgIpc) is 2.74. The van der Waals surface area contributed by atoms with Crippen LogP contribution >= 0.6 is 0 Å². The van der Waals surface area contributed by atoms with Gasteiger partial charge in [-0.05, 0) is 48.6 Å². The molecule has 0 atom stereocenters. The molecule has 5 rings (SSSR count). The molecule has 2 aliphatic heterocycles. The summed E-state index contributed by atoms with van der Waals surface area (Å²) in [7, 11) is 2.17. The van der Waals surface area contributed by atoms with Crippen molar-refractivity contribution < 1.29 is 0 Å². The van der Waals surface area contributed by atoms with Crippen molar-refractivity contribution in [1.29, 1.82) is 0 Å². The summed E-state index contributed by atoms with van der Waals surface area (Å²) in [4.78, 5) is 29.3. The minimum absolute atomic E-state index is 0.0351. The van der Waals surface area contributed by atoms with E-state index in [-0.39, 0.29) is 5.56 Å². The molecule has 0 spiro atoms. The fourth-order valence-electron chi connectivity index (χ4n) is 4.45. The normalized spacial score (nSPS) is 16.4. The summed E-state index contributed by atoms with van der Waals surface area (Å²) in [5.74, 6) is 0.549. The van der Waals surface area contributed by atoms with E-state index in [0.717, 1.165) is 43.7 Å². The van der Waals surface area contributed by atoms with Gasteiger partial charge in [-0.2, -0.15) is 0 Å². The summed E-state index contributed by atoms with van der Waals surface area (Å²) in [6.45, 7) is 3.58. The van der Waals surface area contributed by atoms with Crippen molar-refractivity contribution in [1.82, 2.24) is 19.9 Å². The number of hydrogen-bond acceptors (Lipinski definition) is 5. The quantitative estimate of drug-likeness (QED) is 0.749. The molecule has 0 aliphatic carbocycles. The Kier molecular flexibility index (Phi) is 4.64. The molecule has 6 heteroatoms. The minimum atomic E-state index is -0.0351. The molecular formula is C23H25N5O. The average molecular weight is 387 g/mol. The summed E-state index contributed by atoms with van der Waals surface area (Å²) in [5.41, 5.74) is 6.48. The molecule has 0 unspecified atom stereocenters.